The smallest absolute Gasteiger partial charge is 0.153 e. The Labute approximate surface area is 79.5 Å². The topological polar surface area (TPSA) is 46.2 Å². The number of phenolic OH excluding ortho intramolecular Hbond substituents is 1. The lowest BCUT2D eigenvalue weighted by Gasteiger charge is -2.03. The van der Waals surface area contributed by atoms with Gasteiger partial charge in [-0.2, -0.15) is 0 Å². The van der Waals surface area contributed by atoms with Gasteiger partial charge in [0, 0.05) is 0 Å². The van der Waals surface area contributed by atoms with Crippen molar-refractivity contribution in [2.24, 2.45) is 0 Å². The summed E-state index contributed by atoms with van der Waals surface area (Å²) in [6.07, 6.45) is 0. The summed E-state index contributed by atoms with van der Waals surface area (Å²) in [5.41, 5.74) is 5.30. The lowest BCUT2D eigenvalue weighted by Crippen LogP contribution is -1.91. The SMILES string of the molecule is Nc1c(O)cc(Br)c(F)c1Br. The predicted molar refractivity (Wildman–Crippen MR) is 47.9 cm³/mol. The first-order valence-electron chi connectivity index (χ1n) is 2.66. The second-order valence-corrected chi connectivity index (χ2v) is 3.57. The van der Waals surface area contributed by atoms with Gasteiger partial charge in [0.2, 0.25) is 0 Å². The third-order valence-corrected chi connectivity index (χ3v) is 2.53. The molecule has 0 unspecified atom stereocenters. The highest BCUT2D eigenvalue weighted by atomic mass is 79.9. The van der Waals surface area contributed by atoms with Crippen LogP contribution in [0.25, 0.3) is 0 Å². The van der Waals surface area contributed by atoms with E-state index in [1.807, 2.05) is 0 Å². The van der Waals surface area contributed by atoms with E-state index in [-0.39, 0.29) is 20.4 Å². The summed E-state index contributed by atoms with van der Waals surface area (Å²) in [6, 6.07) is 1.20. The molecule has 0 aromatic heterocycles. The van der Waals surface area contributed by atoms with Crippen LogP contribution < -0.4 is 5.73 Å². The molecule has 0 saturated heterocycles. The maximum atomic E-state index is 12.9. The van der Waals surface area contributed by atoms with Crippen LogP contribution in [-0.2, 0) is 0 Å². The van der Waals surface area contributed by atoms with Crippen molar-refractivity contribution in [1.82, 2.24) is 0 Å². The molecule has 2 nitrogen and oxygen atoms in total. The molecule has 5 heteroatoms. The van der Waals surface area contributed by atoms with Gasteiger partial charge in [0.25, 0.3) is 0 Å². The lowest BCUT2D eigenvalue weighted by atomic mass is 10.3. The summed E-state index contributed by atoms with van der Waals surface area (Å²) in [5, 5.41) is 9.05. The summed E-state index contributed by atoms with van der Waals surface area (Å²) in [5.74, 6) is -0.662. The van der Waals surface area contributed by atoms with Gasteiger partial charge in [-0.1, -0.05) is 0 Å². The van der Waals surface area contributed by atoms with Gasteiger partial charge in [0.1, 0.15) is 5.75 Å². The molecule has 1 aromatic carbocycles. The average Bonchev–Trinajstić information content (AvgIpc) is 1.97. The Hall–Kier alpha value is -0.290. The zero-order valence-corrected chi connectivity index (χ0v) is 8.41. The molecule has 0 aliphatic rings. The molecule has 0 spiro atoms. The molecule has 11 heavy (non-hydrogen) atoms. The molecule has 60 valence electrons. The number of phenols is 1. The van der Waals surface area contributed by atoms with E-state index < -0.39 is 5.82 Å². The maximum absolute atomic E-state index is 12.9. The van der Waals surface area contributed by atoms with E-state index in [0.29, 0.717) is 0 Å². The minimum absolute atomic E-state index is 0.00528. The van der Waals surface area contributed by atoms with Gasteiger partial charge in [-0.3, -0.25) is 0 Å². The second kappa shape index (κ2) is 2.98. The Morgan fingerprint density at radius 2 is 2.00 bits per heavy atom. The number of rotatable bonds is 0. The van der Waals surface area contributed by atoms with Crippen LogP contribution in [0.1, 0.15) is 0 Å². The molecular weight excluding hydrogens is 281 g/mol. The number of benzene rings is 1. The Morgan fingerprint density at radius 1 is 1.45 bits per heavy atom. The average molecular weight is 285 g/mol. The number of halogens is 3. The van der Waals surface area contributed by atoms with E-state index >= 15 is 0 Å². The molecule has 0 saturated carbocycles. The van der Waals surface area contributed by atoms with Crippen LogP contribution >= 0.6 is 31.9 Å². The summed E-state index contributed by atoms with van der Waals surface area (Å²) in [4.78, 5) is 0. The Balaban J connectivity index is 3.46. The van der Waals surface area contributed by atoms with Crippen molar-refractivity contribution < 1.29 is 9.50 Å². The van der Waals surface area contributed by atoms with Crippen molar-refractivity contribution in [3.63, 3.8) is 0 Å². The van der Waals surface area contributed by atoms with Crippen molar-refractivity contribution in [1.29, 1.82) is 0 Å². The standard InChI is InChI=1S/C6H4Br2FNO/c7-2-1-3(11)6(10)4(8)5(2)9/h1,11H,10H2. The van der Waals surface area contributed by atoms with Crippen LogP contribution in [0.15, 0.2) is 15.0 Å². The molecule has 0 aliphatic heterocycles. The van der Waals surface area contributed by atoms with Gasteiger partial charge in [-0.05, 0) is 37.9 Å². The second-order valence-electron chi connectivity index (χ2n) is 1.92. The fraction of sp³-hybridized carbons (Fsp3) is 0. The van der Waals surface area contributed by atoms with E-state index in [0.717, 1.165) is 0 Å². The van der Waals surface area contributed by atoms with Crippen molar-refractivity contribution >= 4 is 37.5 Å². The van der Waals surface area contributed by atoms with Gasteiger partial charge < -0.3 is 10.8 Å². The van der Waals surface area contributed by atoms with Crippen molar-refractivity contribution in [3.05, 3.63) is 20.8 Å². The minimum Gasteiger partial charge on any atom is -0.506 e. The zero-order chi connectivity index (χ0) is 8.59. The maximum Gasteiger partial charge on any atom is 0.153 e. The van der Waals surface area contributed by atoms with Crippen LogP contribution in [0.5, 0.6) is 5.75 Å². The molecule has 0 radical (unpaired) electrons. The number of hydrogen-bond acceptors (Lipinski definition) is 2. The van der Waals surface area contributed by atoms with E-state index in [2.05, 4.69) is 31.9 Å². The first kappa shape index (κ1) is 8.80. The summed E-state index contributed by atoms with van der Waals surface area (Å²) < 4.78 is 13.1. The molecule has 3 N–H and O–H groups in total. The largest absolute Gasteiger partial charge is 0.506 e. The number of anilines is 1. The summed E-state index contributed by atoms with van der Waals surface area (Å²) >= 11 is 5.80. The summed E-state index contributed by atoms with van der Waals surface area (Å²) in [7, 11) is 0. The van der Waals surface area contributed by atoms with Gasteiger partial charge in [0.15, 0.2) is 5.82 Å². The third-order valence-electron chi connectivity index (χ3n) is 1.18. The molecule has 0 atom stereocenters. The van der Waals surface area contributed by atoms with Crippen LogP contribution in [0.3, 0.4) is 0 Å². The first-order chi connectivity index (χ1) is 5.04. The minimum atomic E-state index is -0.514. The van der Waals surface area contributed by atoms with Crippen molar-refractivity contribution in [3.8, 4) is 5.75 Å². The molecule has 0 heterocycles. The van der Waals surface area contributed by atoms with Crippen LogP contribution in [-0.4, -0.2) is 5.11 Å². The molecule has 1 rings (SSSR count). The Bertz CT molecular complexity index is 277. The van der Waals surface area contributed by atoms with Gasteiger partial charge >= 0.3 is 0 Å². The molecule has 0 aliphatic carbocycles. The summed E-state index contributed by atoms with van der Waals surface area (Å²) in [6.45, 7) is 0. The van der Waals surface area contributed by atoms with E-state index in [9.17, 15) is 4.39 Å². The fourth-order valence-corrected chi connectivity index (χ4v) is 1.69. The van der Waals surface area contributed by atoms with Crippen LogP contribution in [0, 0.1) is 5.82 Å². The monoisotopic (exact) mass is 283 g/mol. The first-order valence-corrected chi connectivity index (χ1v) is 4.24. The highest BCUT2D eigenvalue weighted by Gasteiger charge is 2.11. The Morgan fingerprint density at radius 3 is 2.55 bits per heavy atom. The normalized spacial score (nSPS) is 10.1. The van der Waals surface area contributed by atoms with Gasteiger partial charge in [0.05, 0.1) is 14.6 Å². The van der Waals surface area contributed by atoms with Crippen molar-refractivity contribution in [2.45, 2.75) is 0 Å². The highest BCUT2D eigenvalue weighted by molar-refractivity contribution is 9.11. The number of hydrogen-bond donors (Lipinski definition) is 2. The van der Waals surface area contributed by atoms with Gasteiger partial charge in [-0.15, -0.1) is 0 Å². The van der Waals surface area contributed by atoms with Gasteiger partial charge in [-0.25, -0.2) is 4.39 Å². The number of nitrogens with two attached hydrogens (primary N) is 1. The quantitative estimate of drug-likeness (QED) is 0.437. The predicted octanol–water partition coefficient (Wildman–Crippen LogP) is 2.64. The molecular formula is C6H4Br2FNO. The molecule has 1 aromatic rings. The number of aromatic hydroxyl groups is 1. The Kier molecular flexibility index (Phi) is 2.39. The van der Waals surface area contributed by atoms with Crippen LogP contribution in [0.4, 0.5) is 10.1 Å². The lowest BCUT2D eigenvalue weighted by molar-refractivity contribution is 0.474. The fourth-order valence-electron chi connectivity index (χ4n) is 0.597. The van der Waals surface area contributed by atoms with E-state index in [4.69, 9.17) is 10.8 Å². The van der Waals surface area contributed by atoms with E-state index in [1.54, 1.807) is 0 Å². The zero-order valence-electron chi connectivity index (χ0n) is 5.24. The number of nitrogen functional groups attached to an aromatic ring is 1. The van der Waals surface area contributed by atoms with Crippen LogP contribution in [0.2, 0.25) is 0 Å². The highest BCUT2D eigenvalue weighted by Crippen LogP contribution is 2.35. The third kappa shape index (κ3) is 1.49. The molecule has 0 fully saturated rings. The van der Waals surface area contributed by atoms with Crippen molar-refractivity contribution in [2.75, 3.05) is 5.73 Å². The molecule has 0 bridgehead atoms. The van der Waals surface area contributed by atoms with E-state index in [1.165, 1.54) is 6.07 Å². The molecule has 0 amide bonds.